The van der Waals surface area contributed by atoms with E-state index >= 15 is 0 Å². The van der Waals surface area contributed by atoms with Gasteiger partial charge in [-0.1, -0.05) is 30.3 Å². The van der Waals surface area contributed by atoms with E-state index in [1.54, 1.807) is 12.4 Å². The summed E-state index contributed by atoms with van der Waals surface area (Å²) in [7, 11) is 0. The van der Waals surface area contributed by atoms with Gasteiger partial charge >= 0.3 is 0 Å². The number of nitrogens with one attached hydrogen (secondary N) is 1. The van der Waals surface area contributed by atoms with Crippen LogP contribution in [-0.2, 0) is 6.42 Å². The second-order valence-electron chi connectivity index (χ2n) is 5.21. The third-order valence-electron chi connectivity index (χ3n) is 3.58. The number of hydrogen-bond acceptors (Lipinski definition) is 3. The summed E-state index contributed by atoms with van der Waals surface area (Å²) in [6.07, 6.45) is 3.84. The molecule has 1 aromatic carbocycles. The molecule has 0 fully saturated rings. The van der Waals surface area contributed by atoms with E-state index in [9.17, 15) is 5.11 Å². The Balaban J connectivity index is 1.89. The van der Waals surface area contributed by atoms with E-state index in [4.69, 9.17) is 0 Å². The fourth-order valence-electron chi connectivity index (χ4n) is 2.29. The van der Waals surface area contributed by atoms with Crippen molar-refractivity contribution >= 4 is 0 Å². The fraction of sp³-hybridized carbons (Fsp3) is 0.353. The van der Waals surface area contributed by atoms with Gasteiger partial charge in [-0.3, -0.25) is 4.98 Å². The summed E-state index contributed by atoms with van der Waals surface area (Å²) in [5.41, 5.74) is 2.34. The minimum absolute atomic E-state index is 0.0263. The number of pyridine rings is 1. The third kappa shape index (κ3) is 4.15. The Morgan fingerprint density at radius 2 is 1.70 bits per heavy atom. The van der Waals surface area contributed by atoms with Crippen molar-refractivity contribution < 1.29 is 5.11 Å². The highest BCUT2D eigenvalue weighted by atomic mass is 16.3. The van der Waals surface area contributed by atoms with Crippen LogP contribution in [0.1, 0.15) is 31.0 Å². The van der Waals surface area contributed by atoms with Gasteiger partial charge in [0.25, 0.3) is 0 Å². The number of aromatic nitrogens is 1. The van der Waals surface area contributed by atoms with Gasteiger partial charge in [0.1, 0.15) is 0 Å². The van der Waals surface area contributed by atoms with Crippen LogP contribution in [0.15, 0.2) is 54.9 Å². The highest BCUT2D eigenvalue weighted by Crippen LogP contribution is 2.13. The summed E-state index contributed by atoms with van der Waals surface area (Å²) >= 11 is 0. The maximum atomic E-state index is 10.3. The summed E-state index contributed by atoms with van der Waals surface area (Å²) in [5.74, 6) is 0. The van der Waals surface area contributed by atoms with E-state index in [2.05, 4.69) is 17.2 Å². The van der Waals surface area contributed by atoms with Crippen LogP contribution in [-0.4, -0.2) is 22.2 Å². The van der Waals surface area contributed by atoms with Crippen molar-refractivity contribution in [1.82, 2.24) is 10.3 Å². The van der Waals surface area contributed by atoms with Crippen molar-refractivity contribution in [2.24, 2.45) is 0 Å². The van der Waals surface area contributed by atoms with E-state index < -0.39 is 6.10 Å². The van der Waals surface area contributed by atoms with Crippen LogP contribution in [0, 0.1) is 0 Å². The quantitative estimate of drug-likeness (QED) is 0.848. The average Bonchev–Trinajstić information content (AvgIpc) is 2.49. The molecule has 0 radical (unpaired) electrons. The van der Waals surface area contributed by atoms with Crippen molar-refractivity contribution in [2.45, 2.75) is 38.5 Å². The molecule has 0 bridgehead atoms. The lowest BCUT2D eigenvalue weighted by atomic mass is 10.0. The minimum Gasteiger partial charge on any atom is -0.391 e. The van der Waals surface area contributed by atoms with E-state index in [1.165, 1.54) is 5.56 Å². The van der Waals surface area contributed by atoms with E-state index in [0.717, 1.165) is 5.56 Å². The standard InChI is InChI=1S/C17H22N2O/c1-13(16-8-10-18-11-9-16)19-14(2)17(20)12-15-6-4-3-5-7-15/h3-11,13-14,17,19-20H,12H2,1-2H3. The Morgan fingerprint density at radius 1 is 1.05 bits per heavy atom. The Bertz CT molecular complexity index is 501. The summed E-state index contributed by atoms with van der Waals surface area (Å²) in [5, 5.41) is 13.7. The molecule has 0 amide bonds. The van der Waals surface area contributed by atoms with Crippen molar-refractivity contribution in [3.63, 3.8) is 0 Å². The second-order valence-corrected chi connectivity index (χ2v) is 5.21. The van der Waals surface area contributed by atoms with Gasteiger partial charge in [0.15, 0.2) is 0 Å². The lowest BCUT2D eigenvalue weighted by Crippen LogP contribution is -2.39. The molecule has 1 heterocycles. The Labute approximate surface area is 120 Å². The molecule has 1 aromatic heterocycles. The molecular formula is C17H22N2O. The molecule has 3 heteroatoms. The molecule has 0 saturated heterocycles. The first-order chi connectivity index (χ1) is 9.66. The predicted octanol–water partition coefficient (Wildman–Crippen LogP) is 2.72. The number of rotatable bonds is 6. The first-order valence-electron chi connectivity index (χ1n) is 7.05. The van der Waals surface area contributed by atoms with Crippen molar-refractivity contribution in [3.8, 4) is 0 Å². The zero-order chi connectivity index (χ0) is 14.4. The van der Waals surface area contributed by atoms with Crippen LogP contribution in [0.25, 0.3) is 0 Å². The molecule has 2 rings (SSSR count). The van der Waals surface area contributed by atoms with Gasteiger partial charge < -0.3 is 10.4 Å². The van der Waals surface area contributed by atoms with Crippen molar-refractivity contribution in [3.05, 3.63) is 66.0 Å². The number of hydrogen-bond donors (Lipinski definition) is 2. The number of nitrogens with zero attached hydrogens (tertiary/aromatic N) is 1. The molecule has 2 N–H and O–H groups in total. The van der Waals surface area contributed by atoms with Crippen molar-refractivity contribution in [1.29, 1.82) is 0 Å². The van der Waals surface area contributed by atoms with Gasteiger partial charge in [-0.05, 0) is 43.5 Å². The van der Waals surface area contributed by atoms with Crippen LogP contribution in [0.2, 0.25) is 0 Å². The van der Waals surface area contributed by atoms with Gasteiger partial charge in [0.2, 0.25) is 0 Å². The smallest absolute Gasteiger partial charge is 0.0730 e. The molecule has 3 unspecified atom stereocenters. The summed E-state index contributed by atoms with van der Waals surface area (Å²) in [6, 6.07) is 14.3. The van der Waals surface area contributed by atoms with Gasteiger partial charge in [0.05, 0.1) is 6.10 Å². The number of aliphatic hydroxyl groups excluding tert-OH is 1. The molecule has 0 aliphatic carbocycles. The number of aliphatic hydroxyl groups is 1. The topological polar surface area (TPSA) is 45.1 Å². The lowest BCUT2D eigenvalue weighted by molar-refractivity contribution is 0.129. The third-order valence-corrected chi connectivity index (χ3v) is 3.58. The van der Waals surface area contributed by atoms with E-state index in [0.29, 0.717) is 6.42 Å². The first-order valence-corrected chi connectivity index (χ1v) is 7.05. The Hall–Kier alpha value is -1.71. The lowest BCUT2D eigenvalue weighted by Gasteiger charge is -2.24. The Morgan fingerprint density at radius 3 is 2.35 bits per heavy atom. The molecule has 20 heavy (non-hydrogen) atoms. The Kier molecular flexibility index (Phi) is 5.27. The summed E-state index contributed by atoms with van der Waals surface area (Å²) in [6.45, 7) is 4.12. The second kappa shape index (κ2) is 7.17. The van der Waals surface area contributed by atoms with Gasteiger partial charge in [-0.15, -0.1) is 0 Å². The van der Waals surface area contributed by atoms with Crippen LogP contribution >= 0.6 is 0 Å². The molecule has 106 valence electrons. The van der Waals surface area contributed by atoms with E-state index in [-0.39, 0.29) is 12.1 Å². The molecule has 2 aromatic rings. The molecule has 0 saturated carbocycles. The summed E-state index contributed by atoms with van der Waals surface area (Å²) < 4.78 is 0. The van der Waals surface area contributed by atoms with Gasteiger partial charge in [-0.25, -0.2) is 0 Å². The molecule has 3 atom stereocenters. The predicted molar refractivity (Wildman–Crippen MR) is 81.4 cm³/mol. The minimum atomic E-state index is -0.401. The molecular weight excluding hydrogens is 248 g/mol. The zero-order valence-electron chi connectivity index (χ0n) is 12.0. The fourth-order valence-corrected chi connectivity index (χ4v) is 2.29. The monoisotopic (exact) mass is 270 g/mol. The molecule has 0 aliphatic rings. The van der Waals surface area contributed by atoms with Crippen molar-refractivity contribution in [2.75, 3.05) is 0 Å². The van der Waals surface area contributed by atoms with Crippen LogP contribution in [0.4, 0.5) is 0 Å². The maximum Gasteiger partial charge on any atom is 0.0730 e. The van der Waals surface area contributed by atoms with Crippen LogP contribution in [0.5, 0.6) is 0 Å². The first kappa shape index (κ1) is 14.7. The molecule has 0 spiro atoms. The normalized spacial score (nSPS) is 15.6. The molecule has 3 nitrogen and oxygen atoms in total. The summed E-state index contributed by atoms with van der Waals surface area (Å²) in [4.78, 5) is 4.02. The van der Waals surface area contributed by atoms with Crippen LogP contribution < -0.4 is 5.32 Å². The van der Waals surface area contributed by atoms with Gasteiger partial charge in [-0.2, -0.15) is 0 Å². The number of benzene rings is 1. The van der Waals surface area contributed by atoms with E-state index in [1.807, 2.05) is 49.4 Å². The van der Waals surface area contributed by atoms with Crippen LogP contribution in [0.3, 0.4) is 0 Å². The van der Waals surface area contributed by atoms with Gasteiger partial charge in [0, 0.05) is 24.5 Å². The highest BCUT2D eigenvalue weighted by molar-refractivity contribution is 5.17. The average molecular weight is 270 g/mol. The zero-order valence-corrected chi connectivity index (χ0v) is 12.0. The maximum absolute atomic E-state index is 10.3. The molecule has 0 aliphatic heterocycles. The SMILES string of the molecule is CC(NC(C)C(O)Cc1ccccc1)c1ccncc1. The largest absolute Gasteiger partial charge is 0.391 e. The highest BCUT2D eigenvalue weighted by Gasteiger charge is 2.17.